The van der Waals surface area contributed by atoms with E-state index in [1.807, 2.05) is 6.07 Å². The minimum Gasteiger partial charge on any atom is -0.453 e. The second-order valence-corrected chi connectivity index (χ2v) is 15.0. The Morgan fingerprint density at radius 2 is 0.862 bits per heavy atom. The molecule has 0 fully saturated rings. The monoisotopic (exact) mass is 741 g/mol. The van der Waals surface area contributed by atoms with Crippen molar-refractivity contribution in [1.29, 1.82) is 0 Å². The number of hydrogen-bond acceptors (Lipinski definition) is 2. The van der Waals surface area contributed by atoms with Gasteiger partial charge in [-0.2, -0.15) is 0 Å². The average molecular weight is 742 g/mol. The number of hydrogen-bond donors (Lipinski definition) is 0. The van der Waals surface area contributed by atoms with E-state index in [0.717, 1.165) is 56.5 Å². The number of anilines is 3. The summed E-state index contributed by atoms with van der Waals surface area (Å²) in [4.78, 5) is 2.38. The summed E-state index contributed by atoms with van der Waals surface area (Å²) >= 11 is 0. The van der Waals surface area contributed by atoms with Gasteiger partial charge in [-0.1, -0.05) is 140 Å². The number of ether oxygens (including phenoxy) is 1. The van der Waals surface area contributed by atoms with Crippen molar-refractivity contribution in [2.24, 2.45) is 0 Å². The van der Waals surface area contributed by atoms with Gasteiger partial charge >= 0.3 is 0 Å². The van der Waals surface area contributed by atoms with E-state index in [9.17, 15) is 0 Å². The SMILES string of the molecule is c1ccc(-c2cccc(N(c3cccc(-c4ccccc4)c3)c3cccc(-n4c5ccccc5c5c6c7ccccc7n7c6c(cc54)Oc4ccccc4-7)c3)c2)cc1. The molecule has 0 bridgehead atoms. The van der Waals surface area contributed by atoms with E-state index in [0.29, 0.717) is 0 Å². The van der Waals surface area contributed by atoms with Gasteiger partial charge in [0.2, 0.25) is 0 Å². The Labute approximate surface area is 335 Å². The van der Waals surface area contributed by atoms with Crippen LogP contribution in [-0.2, 0) is 0 Å². The van der Waals surface area contributed by atoms with Crippen LogP contribution in [0.15, 0.2) is 212 Å². The molecule has 11 aromatic rings. The maximum Gasteiger partial charge on any atom is 0.154 e. The molecular formula is C54H35N3O. The molecule has 9 aromatic carbocycles. The zero-order chi connectivity index (χ0) is 38.2. The number of aromatic nitrogens is 2. The van der Waals surface area contributed by atoms with Crippen LogP contribution in [0.5, 0.6) is 11.5 Å². The predicted octanol–water partition coefficient (Wildman–Crippen LogP) is 14.8. The third-order valence-electron chi connectivity index (χ3n) is 11.6. The Kier molecular flexibility index (Phi) is 7.20. The highest BCUT2D eigenvalue weighted by atomic mass is 16.5. The molecule has 0 N–H and O–H groups in total. The van der Waals surface area contributed by atoms with E-state index in [2.05, 4.69) is 220 Å². The van der Waals surface area contributed by atoms with Gasteiger partial charge < -0.3 is 18.8 Å². The summed E-state index contributed by atoms with van der Waals surface area (Å²) < 4.78 is 11.6. The molecule has 0 spiro atoms. The average Bonchev–Trinajstić information content (AvgIpc) is 3.81. The van der Waals surface area contributed by atoms with Gasteiger partial charge in [-0.3, -0.25) is 0 Å². The number of nitrogens with zero attached hydrogens (tertiary/aromatic N) is 3. The minimum absolute atomic E-state index is 0.854. The van der Waals surface area contributed by atoms with Crippen molar-refractivity contribution < 1.29 is 4.74 Å². The lowest BCUT2D eigenvalue weighted by molar-refractivity contribution is 0.477. The van der Waals surface area contributed by atoms with Crippen molar-refractivity contribution >= 4 is 60.7 Å². The van der Waals surface area contributed by atoms with Crippen molar-refractivity contribution in [2.75, 3.05) is 4.90 Å². The summed E-state index contributed by atoms with van der Waals surface area (Å²) in [5, 5.41) is 4.85. The molecule has 12 rings (SSSR count). The molecule has 272 valence electrons. The lowest BCUT2D eigenvalue weighted by Crippen LogP contribution is -2.11. The summed E-state index contributed by atoms with van der Waals surface area (Å²) in [5.41, 5.74) is 14.6. The predicted molar refractivity (Wildman–Crippen MR) is 241 cm³/mol. The highest BCUT2D eigenvalue weighted by Gasteiger charge is 2.28. The second kappa shape index (κ2) is 12.9. The molecule has 0 radical (unpaired) electrons. The smallest absolute Gasteiger partial charge is 0.154 e. The number of benzene rings is 9. The first-order valence-corrected chi connectivity index (χ1v) is 19.8. The number of para-hydroxylation sites is 4. The summed E-state index contributed by atoms with van der Waals surface area (Å²) in [5.74, 6) is 1.71. The maximum atomic E-state index is 6.80. The fourth-order valence-electron chi connectivity index (χ4n) is 9.16. The first-order valence-electron chi connectivity index (χ1n) is 19.8. The van der Waals surface area contributed by atoms with Gasteiger partial charge in [-0.25, -0.2) is 0 Å². The maximum absolute atomic E-state index is 6.80. The molecular weight excluding hydrogens is 707 g/mol. The number of rotatable bonds is 6. The molecule has 0 amide bonds. The van der Waals surface area contributed by atoms with Gasteiger partial charge in [0.1, 0.15) is 0 Å². The molecule has 4 nitrogen and oxygen atoms in total. The van der Waals surface area contributed by atoms with Crippen LogP contribution in [-0.4, -0.2) is 9.13 Å². The second-order valence-electron chi connectivity index (χ2n) is 15.0. The zero-order valence-electron chi connectivity index (χ0n) is 31.5. The van der Waals surface area contributed by atoms with Crippen LogP contribution in [0.2, 0.25) is 0 Å². The highest BCUT2D eigenvalue weighted by molar-refractivity contribution is 6.30. The normalized spacial score (nSPS) is 11.9. The van der Waals surface area contributed by atoms with E-state index in [-0.39, 0.29) is 0 Å². The largest absolute Gasteiger partial charge is 0.453 e. The van der Waals surface area contributed by atoms with E-state index in [4.69, 9.17) is 4.74 Å². The summed E-state index contributed by atoms with van der Waals surface area (Å²) in [7, 11) is 0. The van der Waals surface area contributed by atoms with Gasteiger partial charge in [-0.05, 0) is 89.0 Å². The van der Waals surface area contributed by atoms with Crippen molar-refractivity contribution in [3.8, 4) is 45.1 Å². The van der Waals surface area contributed by atoms with E-state index in [1.54, 1.807) is 0 Å². The van der Waals surface area contributed by atoms with Gasteiger partial charge in [0, 0.05) is 50.4 Å². The Morgan fingerprint density at radius 3 is 1.53 bits per heavy atom. The molecule has 1 aliphatic heterocycles. The summed E-state index contributed by atoms with van der Waals surface area (Å²) in [6, 6.07) is 76.0. The van der Waals surface area contributed by atoms with Gasteiger partial charge in [0.05, 0.1) is 27.8 Å². The summed E-state index contributed by atoms with van der Waals surface area (Å²) in [6.45, 7) is 0. The van der Waals surface area contributed by atoms with Crippen LogP contribution >= 0.6 is 0 Å². The zero-order valence-corrected chi connectivity index (χ0v) is 31.5. The Balaban J connectivity index is 1.11. The quantitative estimate of drug-likeness (QED) is 0.169. The third kappa shape index (κ3) is 4.95. The Bertz CT molecular complexity index is 3290. The molecule has 0 saturated heterocycles. The summed E-state index contributed by atoms with van der Waals surface area (Å²) in [6.07, 6.45) is 0. The molecule has 0 aliphatic carbocycles. The Hall–Kier alpha value is -7.82. The van der Waals surface area contributed by atoms with Gasteiger partial charge in [0.15, 0.2) is 11.5 Å². The standard InChI is InChI=1S/C54H35N3O/c1-3-16-36(17-4-1)38-20-13-22-40(32-38)55(41-23-14-21-39(33-41)37-18-5-2-6-19-37)42-24-15-25-43(34-42)56-46-28-9-7-26-44(46)52-49(56)35-51-54-53(52)45-27-8-10-29-47(45)57(54)48-30-11-12-31-50(48)58-51/h1-35H. The van der Waals surface area contributed by atoms with Crippen LogP contribution in [0.1, 0.15) is 0 Å². The van der Waals surface area contributed by atoms with Crippen molar-refractivity contribution in [3.05, 3.63) is 212 Å². The highest BCUT2D eigenvalue weighted by Crippen LogP contribution is 2.51. The van der Waals surface area contributed by atoms with E-state index < -0.39 is 0 Å². The van der Waals surface area contributed by atoms with E-state index >= 15 is 0 Å². The van der Waals surface area contributed by atoms with Crippen molar-refractivity contribution in [2.45, 2.75) is 0 Å². The molecule has 0 saturated carbocycles. The number of fused-ring (bicyclic) bond motifs is 9. The minimum atomic E-state index is 0.854. The fraction of sp³-hybridized carbons (Fsp3) is 0. The molecule has 2 aromatic heterocycles. The first kappa shape index (κ1) is 32.4. The Morgan fingerprint density at radius 1 is 0.345 bits per heavy atom. The molecule has 58 heavy (non-hydrogen) atoms. The van der Waals surface area contributed by atoms with Crippen LogP contribution < -0.4 is 9.64 Å². The first-order chi connectivity index (χ1) is 28.8. The van der Waals surface area contributed by atoms with Gasteiger partial charge in [0.25, 0.3) is 0 Å². The van der Waals surface area contributed by atoms with Crippen molar-refractivity contribution in [1.82, 2.24) is 9.13 Å². The third-order valence-corrected chi connectivity index (χ3v) is 11.6. The molecule has 4 heteroatoms. The lowest BCUT2D eigenvalue weighted by Gasteiger charge is -2.27. The van der Waals surface area contributed by atoms with Crippen LogP contribution in [0.4, 0.5) is 17.1 Å². The van der Waals surface area contributed by atoms with Gasteiger partial charge in [-0.15, -0.1) is 0 Å². The topological polar surface area (TPSA) is 22.3 Å². The van der Waals surface area contributed by atoms with E-state index in [1.165, 1.54) is 49.3 Å². The molecule has 0 unspecified atom stereocenters. The lowest BCUT2D eigenvalue weighted by atomic mass is 10.0. The van der Waals surface area contributed by atoms with Crippen LogP contribution in [0, 0.1) is 0 Å². The molecule has 1 aliphatic rings. The molecule has 3 heterocycles. The van der Waals surface area contributed by atoms with Crippen LogP contribution in [0.3, 0.4) is 0 Å². The van der Waals surface area contributed by atoms with Crippen LogP contribution in [0.25, 0.3) is 77.2 Å². The fourth-order valence-corrected chi connectivity index (χ4v) is 9.16. The van der Waals surface area contributed by atoms with Crippen molar-refractivity contribution in [3.63, 3.8) is 0 Å². The molecule has 0 atom stereocenters.